The van der Waals surface area contributed by atoms with E-state index in [1.165, 1.54) is 4.31 Å². The Morgan fingerprint density at radius 1 is 1.56 bits per heavy atom. The highest BCUT2D eigenvalue weighted by Gasteiger charge is 2.28. The van der Waals surface area contributed by atoms with Gasteiger partial charge in [-0.25, -0.2) is 8.42 Å². The Bertz CT molecular complexity index is 340. The molecule has 0 spiro atoms. The summed E-state index contributed by atoms with van der Waals surface area (Å²) in [6.07, 6.45) is 0.0571. The molecule has 0 radical (unpaired) electrons. The molecule has 1 heterocycles. The van der Waals surface area contributed by atoms with E-state index in [0.29, 0.717) is 19.6 Å². The second-order valence-electron chi connectivity index (χ2n) is 3.68. The number of hydrogen-bond acceptors (Lipinski definition) is 4. The monoisotopic (exact) mass is 251 g/mol. The lowest BCUT2D eigenvalue weighted by Gasteiger charge is -2.31. The van der Waals surface area contributed by atoms with Crippen molar-refractivity contribution in [3.63, 3.8) is 0 Å². The number of hydrogen-bond donors (Lipinski definition) is 1. The lowest BCUT2D eigenvalue weighted by molar-refractivity contribution is -0.138. The molecule has 16 heavy (non-hydrogen) atoms. The zero-order valence-corrected chi connectivity index (χ0v) is 10.1. The second-order valence-corrected chi connectivity index (χ2v) is 5.94. The normalized spacial score (nSPS) is 23.2. The molecule has 0 aromatic rings. The van der Waals surface area contributed by atoms with Crippen molar-refractivity contribution in [2.24, 2.45) is 0 Å². The van der Waals surface area contributed by atoms with Gasteiger partial charge < -0.3 is 9.84 Å². The Hall–Kier alpha value is -0.660. The smallest absolute Gasteiger partial charge is 0.303 e. The van der Waals surface area contributed by atoms with Crippen molar-refractivity contribution in [1.82, 2.24) is 4.31 Å². The molecule has 0 amide bonds. The average Bonchev–Trinajstić information content (AvgIpc) is 2.27. The maximum Gasteiger partial charge on any atom is 0.303 e. The van der Waals surface area contributed by atoms with Crippen LogP contribution >= 0.6 is 0 Å². The minimum Gasteiger partial charge on any atom is -0.481 e. The fourth-order valence-corrected chi connectivity index (χ4v) is 2.70. The molecule has 1 rings (SSSR count). The van der Waals surface area contributed by atoms with Gasteiger partial charge in [0.2, 0.25) is 10.0 Å². The third-order valence-electron chi connectivity index (χ3n) is 2.54. The second kappa shape index (κ2) is 5.60. The van der Waals surface area contributed by atoms with Gasteiger partial charge in [-0.05, 0) is 13.3 Å². The maximum absolute atomic E-state index is 11.6. The predicted molar refractivity (Wildman–Crippen MR) is 57.6 cm³/mol. The standard InChI is InChI=1S/C9H17NO5S/c1-2-16(13,14)10-5-6-15-8(7-10)3-4-9(11)12/h8H,2-7H2,1H3,(H,11,12). The number of ether oxygens (including phenoxy) is 1. The fraction of sp³-hybridized carbons (Fsp3) is 0.889. The first-order chi connectivity index (χ1) is 7.45. The lowest BCUT2D eigenvalue weighted by Crippen LogP contribution is -2.46. The van der Waals surface area contributed by atoms with Crippen molar-refractivity contribution < 1.29 is 23.1 Å². The maximum atomic E-state index is 11.6. The summed E-state index contributed by atoms with van der Waals surface area (Å²) in [5, 5.41) is 8.53. The van der Waals surface area contributed by atoms with E-state index in [1.54, 1.807) is 6.92 Å². The minimum absolute atomic E-state index is 0.00464. The van der Waals surface area contributed by atoms with Gasteiger partial charge in [0.1, 0.15) is 0 Å². The Balaban J connectivity index is 2.50. The number of carboxylic acid groups (broad SMARTS) is 1. The highest BCUT2D eigenvalue weighted by molar-refractivity contribution is 7.89. The first-order valence-electron chi connectivity index (χ1n) is 5.27. The first-order valence-corrected chi connectivity index (χ1v) is 6.88. The zero-order chi connectivity index (χ0) is 12.2. The van der Waals surface area contributed by atoms with Gasteiger partial charge in [-0.15, -0.1) is 0 Å². The summed E-state index contributed by atoms with van der Waals surface area (Å²) < 4.78 is 29.9. The van der Waals surface area contributed by atoms with Gasteiger partial charge in [0.15, 0.2) is 0 Å². The molecule has 1 N–H and O–H groups in total. The van der Waals surface area contributed by atoms with Crippen molar-refractivity contribution in [2.75, 3.05) is 25.4 Å². The number of nitrogens with zero attached hydrogens (tertiary/aromatic N) is 1. The highest BCUT2D eigenvalue weighted by Crippen LogP contribution is 2.14. The van der Waals surface area contributed by atoms with Gasteiger partial charge >= 0.3 is 5.97 Å². The van der Waals surface area contributed by atoms with Crippen molar-refractivity contribution in [3.8, 4) is 0 Å². The summed E-state index contributed by atoms with van der Waals surface area (Å²) in [6, 6.07) is 0. The van der Waals surface area contributed by atoms with E-state index in [9.17, 15) is 13.2 Å². The van der Waals surface area contributed by atoms with Gasteiger partial charge in [0, 0.05) is 19.5 Å². The summed E-state index contributed by atoms with van der Waals surface area (Å²) >= 11 is 0. The van der Waals surface area contributed by atoms with Crippen LogP contribution in [0.4, 0.5) is 0 Å². The number of sulfonamides is 1. The Morgan fingerprint density at radius 2 is 2.25 bits per heavy atom. The van der Waals surface area contributed by atoms with Gasteiger partial charge in [-0.2, -0.15) is 4.31 Å². The molecule has 6 nitrogen and oxygen atoms in total. The molecule has 7 heteroatoms. The van der Waals surface area contributed by atoms with Crippen molar-refractivity contribution >= 4 is 16.0 Å². The van der Waals surface area contributed by atoms with Crippen LogP contribution in [0.15, 0.2) is 0 Å². The van der Waals surface area contributed by atoms with E-state index in [1.807, 2.05) is 0 Å². The van der Waals surface area contributed by atoms with Crippen LogP contribution in [0.1, 0.15) is 19.8 Å². The molecule has 0 bridgehead atoms. The molecule has 1 aliphatic rings. The molecule has 1 unspecified atom stereocenters. The van der Waals surface area contributed by atoms with Crippen LogP contribution in [0.5, 0.6) is 0 Å². The third-order valence-corrected chi connectivity index (χ3v) is 4.39. The number of carbonyl (C=O) groups is 1. The summed E-state index contributed by atoms with van der Waals surface area (Å²) in [6.45, 7) is 2.56. The molecule has 1 saturated heterocycles. The minimum atomic E-state index is -3.19. The van der Waals surface area contributed by atoms with Crippen molar-refractivity contribution in [1.29, 1.82) is 0 Å². The van der Waals surface area contributed by atoms with E-state index in [-0.39, 0.29) is 24.8 Å². The third kappa shape index (κ3) is 3.73. The van der Waals surface area contributed by atoms with Gasteiger partial charge in [-0.3, -0.25) is 4.79 Å². The van der Waals surface area contributed by atoms with Crippen molar-refractivity contribution in [3.05, 3.63) is 0 Å². The molecule has 1 atom stereocenters. The topological polar surface area (TPSA) is 83.9 Å². The van der Waals surface area contributed by atoms with Crippen LogP contribution < -0.4 is 0 Å². The van der Waals surface area contributed by atoms with Crippen LogP contribution in [0.25, 0.3) is 0 Å². The highest BCUT2D eigenvalue weighted by atomic mass is 32.2. The average molecular weight is 251 g/mol. The van der Waals surface area contributed by atoms with Gasteiger partial charge in [0.25, 0.3) is 0 Å². The van der Waals surface area contributed by atoms with E-state index < -0.39 is 16.0 Å². The fourth-order valence-electron chi connectivity index (χ4n) is 1.59. The number of aliphatic carboxylic acids is 1. The van der Waals surface area contributed by atoms with Crippen LogP contribution in [0, 0.1) is 0 Å². The molecule has 0 aliphatic carbocycles. The Labute approximate surface area is 95.2 Å². The predicted octanol–water partition coefficient (Wildman–Crippen LogP) is -0.0983. The van der Waals surface area contributed by atoms with Crippen LogP contribution in [0.3, 0.4) is 0 Å². The van der Waals surface area contributed by atoms with Crippen LogP contribution in [-0.2, 0) is 19.6 Å². The van der Waals surface area contributed by atoms with Gasteiger partial charge in [0.05, 0.1) is 18.5 Å². The SMILES string of the molecule is CCS(=O)(=O)N1CCOC(CCC(=O)O)C1. The Kier molecular flexibility index (Phi) is 4.69. The lowest BCUT2D eigenvalue weighted by atomic mass is 10.2. The number of rotatable bonds is 5. The van der Waals surface area contributed by atoms with E-state index >= 15 is 0 Å². The summed E-state index contributed by atoms with van der Waals surface area (Å²) in [5.41, 5.74) is 0. The van der Waals surface area contributed by atoms with Crippen LogP contribution in [-0.4, -0.2) is 55.4 Å². The number of carboxylic acids is 1. The molecule has 0 aromatic heterocycles. The number of morpholine rings is 1. The zero-order valence-electron chi connectivity index (χ0n) is 9.26. The van der Waals surface area contributed by atoms with Crippen LogP contribution in [0.2, 0.25) is 0 Å². The van der Waals surface area contributed by atoms with Crippen molar-refractivity contribution in [2.45, 2.75) is 25.9 Å². The summed E-state index contributed by atoms with van der Waals surface area (Å²) in [5.74, 6) is -0.822. The van der Waals surface area contributed by atoms with E-state index in [0.717, 1.165) is 0 Å². The quantitative estimate of drug-likeness (QED) is 0.737. The van der Waals surface area contributed by atoms with E-state index in [2.05, 4.69) is 0 Å². The first kappa shape index (κ1) is 13.4. The Morgan fingerprint density at radius 3 is 2.81 bits per heavy atom. The molecule has 0 aromatic carbocycles. The largest absolute Gasteiger partial charge is 0.481 e. The molecular weight excluding hydrogens is 234 g/mol. The van der Waals surface area contributed by atoms with E-state index in [4.69, 9.17) is 9.84 Å². The van der Waals surface area contributed by atoms with Gasteiger partial charge in [-0.1, -0.05) is 0 Å². The molecule has 1 fully saturated rings. The summed E-state index contributed by atoms with van der Waals surface area (Å²) in [4.78, 5) is 10.4. The molecule has 0 saturated carbocycles. The molecular formula is C9H17NO5S. The molecule has 94 valence electrons. The molecule has 1 aliphatic heterocycles. The summed E-state index contributed by atoms with van der Waals surface area (Å²) in [7, 11) is -3.19.